The molecule has 1 aromatic carbocycles. The van der Waals surface area contributed by atoms with E-state index in [-0.39, 0.29) is 11.8 Å². The van der Waals surface area contributed by atoms with Gasteiger partial charge in [-0.15, -0.1) is 0 Å². The van der Waals surface area contributed by atoms with Crippen LogP contribution in [0, 0.1) is 0 Å². The van der Waals surface area contributed by atoms with Crippen LogP contribution in [0.1, 0.15) is 12.5 Å². The average Bonchev–Trinajstić information content (AvgIpc) is 2.69. The average molecular weight is 276 g/mol. The Balaban J connectivity index is 2.12. The second-order valence-corrected chi connectivity index (χ2v) is 4.82. The molecule has 0 spiro atoms. The Morgan fingerprint density at radius 2 is 2.05 bits per heavy atom. The molecule has 0 fully saturated rings. The Morgan fingerprint density at radius 1 is 1.37 bits per heavy atom. The summed E-state index contributed by atoms with van der Waals surface area (Å²) in [5.41, 5.74) is 0.871. The molecule has 0 atom stereocenters. The SMILES string of the molecule is COc1ccc(/C=C2/SC(NC(C)=O)=NC2=O)cc1. The van der Waals surface area contributed by atoms with E-state index in [1.54, 1.807) is 13.2 Å². The van der Waals surface area contributed by atoms with E-state index in [9.17, 15) is 9.59 Å². The van der Waals surface area contributed by atoms with Crippen molar-refractivity contribution in [3.63, 3.8) is 0 Å². The predicted octanol–water partition coefficient (Wildman–Crippen LogP) is 1.80. The summed E-state index contributed by atoms with van der Waals surface area (Å²) in [6, 6.07) is 7.31. The van der Waals surface area contributed by atoms with E-state index in [4.69, 9.17) is 4.74 Å². The van der Waals surface area contributed by atoms with Gasteiger partial charge in [-0.25, -0.2) is 0 Å². The summed E-state index contributed by atoms with van der Waals surface area (Å²) < 4.78 is 5.06. The number of carbonyl (C=O) groups excluding carboxylic acids is 2. The molecular weight excluding hydrogens is 264 g/mol. The molecule has 98 valence electrons. The molecule has 0 aliphatic carbocycles. The van der Waals surface area contributed by atoms with Gasteiger partial charge in [0.15, 0.2) is 5.17 Å². The van der Waals surface area contributed by atoms with Gasteiger partial charge in [0.2, 0.25) is 5.91 Å². The van der Waals surface area contributed by atoms with Crippen LogP contribution in [0.5, 0.6) is 5.75 Å². The molecule has 6 heteroatoms. The molecule has 5 nitrogen and oxygen atoms in total. The van der Waals surface area contributed by atoms with E-state index < -0.39 is 0 Å². The highest BCUT2D eigenvalue weighted by Gasteiger charge is 2.22. The first-order chi connectivity index (χ1) is 9.08. The summed E-state index contributed by atoms with van der Waals surface area (Å²) in [5.74, 6) is 0.164. The first-order valence-electron chi connectivity index (χ1n) is 5.52. The molecule has 1 aliphatic rings. The highest BCUT2D eigenvalue weighted by Crippen LogP contribution is 2.27. The number of benzene rings is 1. The van der Waals surface area contributed by atoms with Crippen molar-refractivity contribution in [1.82, 2.24) is 5.32 Å². The topological polar surface area (TPSA) is 67.8 Å². The van der Waals surface area contributed by atoms with E-state index in [2.05, 4.69) is 10.3 Å². The Bertz CT molecular complexity index is 576. The molecular formula is C13H12N2O3S. The lowest BCUT2D eigenvalue weighted by Crippen LogP contribution is -2.23. The van der Waals surface area contributed by atoms with Gasteiger partial charge >= 0.3 is 0 Å². The maximum atomic E-state index is 11.6. The van der Waals surface area contributed by atoms with E-state index in [1.807, 2.05) is 24.3 Å². The van der Waals surface area contributed by atoms with Crippen molar-refractivity contribution in [2.45, 2.75) is 6.92 Å². The van der Waals surface area contributed by atoms with Crippen LogP contribution >= 0.6 is 11.8 Å². The number of rotatable bonds is 2. The van der Waals surface area contributed by atoms with Crippen LogP contribution in [-0.4, -0.2) is 24.1 Å². The summed E-state index contributed by atoms with van der Waals surface area (Å²) in [6.07, 6.45) is 1.73. The molecule has 0 radical (unpaired) electrons. The fraction of sp³-hybridized carbons (Fsp3) is 0.154. The molecule has 19 heavy (non-hydrogen) atoms. The molecule has 1 heterocycles. The summed E-state index contributed by atoms with van der Waals surface area (Å²) >= 11 is 1.15. The fourth-order valence-corrected chi connectivity index (χ4v) is 2.32. The lowest BCUT2D eigenvalue weighted by molar-refractivity contribution is -0.117. The molecule has 2 rings (SSSR count). The third-order valence-electron chi connectivity index (χ3n) is 2.32. The van der Waals surface area contributed by atoms with Gasteiger partial charge in [-0.05, 0) is 35.5 Å². The minimum atomic E-state index is -0.343. The number of amides is 2. The van der Waals surface area contributed by atoms with Crippen LogP contribution in [0.4, 0.5) is 0 Å². The zero-order chi connectivity index (χ0) is 13.8. The molecule has 1 aromatic rings. The summed E-state index contributed by atoms with van der Waals surface area (Å²) in [5, 5.41) is 2.82. The number of nitrogens with one attached hydrogen (secondary N) is 1. The third kappa shape index (κ3) is 3.45. The van der Waals surface area contributed by atoms with E-state index in [0.717, 1.165) is 23.1 Å². The number of carbonyl (C=O) groups is 2. The van der Waals surface area contributed by atoms with Crippen LogP contribution in [-0.2, 0) is 9.59 Å². The van der Waals surface area contributed by atoms with Gasteiger partial charge in [0.1, 0.15) is 5.75 Å². The second kappa shape index (κ2) is 5.71. The van der Waals surface area contributed by atoms with E-state index >= 15 is 0 Å². The van der Waals surface area contributed by atoms with Crippen molar-refractivity contribution in [2.75, 3.05) is 7.11 Å². The van der Waals surface area contributed by atoms with Crippen molar-refractivity contribution < 1.29 is 14.3 Å². The number of nitrogens with zero attached hydrogens (tertiary/aromatic N) is 1. The molecule has 0 unspecified atom stereocenters. The van der Waals surface area contributed by atoms with Crippen molar-refractivity contribution in [1.29, 1.82) is 0 Å². The molecule has 0 aromatic heterocycles. The van der Waals surface area contributed by atoms with Crippen molar-refractivity contribution in [3.8, 4) is 5.75 Å². The molecule has 1 N–H and O–H groups in total. The zero-order valence-electron chi connectivity index (χ0n) is 10.5. The van der Waals surface area contributed by atoms with Gasteiger partial charge in [0, 0.05) is 6.92 Å². The molecule has 0 saturated carbocycles. The molecule has 1 aliphatic heterocycles. The van der Waals surface area contributed by atoms with Crippen LogP contribution in [0.3, 0.4) is 0 Å². The van der Waals surface area contributed by atoms with Crippen LogP contribution in [0.2, 0.25) is 0 Å². The minimum absolute atomic E-state index is 0.246. The summed E-state index contributed by atoms with van der Waals surface area (Å²) in [4.78, 5) is 26.8. The molecule has 0 bridgehead atoms. The van der Waals surface area contributed by atoms with Crippen molar-refractivity contribution >= 4 is 34.8 Å². The van der Waals surface area contributed by atoms with Gasteiger partial charge in [0.25, 0.3) is 5.91 Å². The number of aliphatic imine (C=N–C) groups is 1. The highest BCUT2D eigenvalue weighted by molar-refractivity contribution is 8.18. The monoisotopic (exact) mass is 276 g/mol. The van der Waals surface area contributed by atoms with Crippen LogP contribution in [0.25, 0.3) is 6.08 Å². The lowest BCUT2D eigenvalue weighted by Gasteiger charge is -2.00. The number of hydrogen-bond acceptors (Lipinski definition) is 4. The smallest absolute Gasteiger partial charge is 0.286 e. The van der Waals surface area contributed by atoms with Gasteiger partial charge in [-0.1, -0.05) is 12.1 Å². The van der Waals surface area contributed by atoms with Crippen LogP contribution in [0.15, 0.2) is 34.2 Å². The predicted molar refractivity (Wildman–Crippen MR) is 74.8 cm³/mol. The first kappa shape index (κ1) is 13.4. The molecule has 2 amide bonds. The zero-order valence-corrected chi connectivity index (χ0v) is 11.3. The van der Waals surface area contributed by atoms with E-state index in [1.165, 1.54) is 6.92 Å². The maximum Gasteiger partial charge on any atom is 0.286 e. The normalized spacial score (nSPS) is 16.4. The van der Waals surface area contributed by atoms with Crippen molar-refractivity contribution in [3.05, 3.63) is 34.7 Å². The maximum absolute atomic E-state index is 11.6. The number of ether oxygens (including phenoxy) is 1. The van der Waals surface area contributed by atoms with Crippen LogP contribution < -0.4 is 10.1 Å². The summed E-state index contributed by atoms with van der Waals surface area (Å²) in [6.45, 7) is 1.37. The van der Waals surface area contributed by atoms with Gasteiger partial charge in [0.05, 0.1) is 12.0 Å². The quantitative estimate of drug-likeness (QED) is 0.836. The Labute approximate surface area is 114 Å². The fourth-order valence-electron chi connectivity index (χ4n) is 1.46. The van der Waals surface area contributed by atoms with Gasteiger partial charge < -0.3 is 10.1 Å². The second-order valence-electron chi connectivity index (χ2n) is 3.79. The number of methoxy groups -OCH3 is 1. The van der Waals surface area contributed by atoms with Gasteiger partial charge in [-0.2, -0.15) is 4.99 Å². The third-order valence-corrected chi connectivity index (χ3v) is 3.22. The first-order valence-corrected chi connectivity index (χ1v) is 6.34. The largest absolute Gasteiger partial charge is 0.497 e. The number of amidine groups is 1. The number of thioether (sulfide) groups is 1. The Kier molecular flexibility index (Phi) is 4.01. The standard InChI is InChI=1S/C13H12N2O3S/c1-8(16)14-13-15-12(17)11(19-13)7-9-3-5-10(18-2)6-4-9/h3-7H,1-2H3,(H,14,15,16,17)/b11-7+. The lowest BCUT2D eigenvalue weighted by atomic mass is 10.2. The Hall–Kier alpha value is -2.08. The Morgan fingerprint density at radius 3 is 2.63 bits per heavy atom. The highest BCUT2D eigenvalue weighted by atomic mass is 32.2. The summed E-state index contributed by atoms with van der Waals surface area (Å²) in [7, 11) is 1.59. The molecule has 0 saturated heterocycles. The van der Waals surface area contributed by atoms with E-state index in [0.29, 0.717) is 10.1 Å². The van der Waals surface area contributed by atoms with Gasteiger partial charge in [-0.3, -0.25) is 9.59 Å². The van der Waals surface area contributed by atoms with Crippen molar-refractivity contribution in [2.24, 2.45) is 4.99 Å². The number of hydrogen-bond donors (Lipinski definition) is 1. The minimum Gasteiger partial charge on any atom is -0.497 e.